The molecule has 0 unspecified atom stereocenters. The van der Waals surface area contributed by atoms with Crippen LogP contribution in [-0.2, 0) is 21.4 Å². The first kappa shape index (κ1) is 21.2. The van der Waals surface area contributed by atoms with Crippen LogP contribution in [0.1, 0.15) is 30.4 Å². The van der Waals surface area contributed by atoms with Gasteiger partial charge in [-0.1, -0.05) is 30.3 Å². The summed E-state index contributed by atoms with van der Waals surface area (Å²) in [4.78, 5) is 14.8. The summed E-state index contributed by atoms with van der Waals surface area (Å²) < 4.78 is 25.6. The smallest absolute Gasteiger partial charge is 0.241 e. The summed E-state index contributed by atoms with van der Waals surface area (Å²) in [5.74, 6) is -0.334. The first-order chi connectivity index (χ1) is 13.8. The lowest BCUT2D eigenvalue weighted by Gasteiger charge is -2.28. The van der Waals surface area contributed by atoms with Crippen molar-refractivity contribution < 1.29 is 13.2 Å². The number of nitrogens with zero attached hydrogens (tertiary/aromatic N) is 2. The molecule has 1 aliphatic heterocycles. The van der Waals surface area contributed by atoms with Crippen molar-refractivity contribution in [3.05, 3.63) is 59.7 Å². The van der Waals surface area contributed by atoms with Gasteiger partial charge in [-0.2, -0.15) is 0 Å². The fraction of sp³-hybridized carbons (Fsp3) is 0.409. The Morgan fingerprint density at radius 2 is 1.69 bits per heavy atom. The Kier molecular flexibility index (Phi) is 6.79. The van der Waals surface area contributed by atoms with Crippen LogP contribution in [-0.4, -0.2) is 40.2 Å². The van der Waals surface area contributed by atoms with Gasteiger partial charge in [0, 0.05) is 25.3 Å². The topological polar surface area (TPSA) is 69.7 Å². The maximum atomic E-state index is 12.4. The third kappa shape index (κ3) is 5.73. The average molecular weight is 416 g/mol. The van der Waals surface area contributed by atoms with Gasteiger partial charge in [0.25, 0.3) is 0 Å². The molecule has 1 aliphatic rings. The lowest BCUT2D eigenvalue weighted by molar-refractivity contribution is -0.119. The molecule has 2 aromatic carbocycles. The second-order valence-electron chi connectivity index (χ2n) is 7.55. The van der Waals surface area contributed by atoms with Gasteiger partial charge in [-0.3, -0.25) is 9.10 Å². The van der Waals surface area contributed by atoms with Gasteiger partial charge >= 0.3 is 0 Å². The van der Waals surface area contributed by atoms with E-state index in [4.69, 9.17) is 0 Å². The zero-order valence-electron chi connectivity index (χ0n) is 17.1. The Bertz CT molecular complexity index is 936. The molecule has 0 aromatic heterocycles. The molecule has 6 nitrogen and oxygen atoms in total. The molecule has 1 amide bonds. The number of hydrogen-bond acceptors (Lipinski definition) is 4. The molecule has 156 valence electrons. The number of carbonyl (C=O) groups excluding carboxylic acids is 1. The first-order valence-electron chi connectivity index (χ1n) is 9.98. The number of piperidine rings is 1. The van der Waals surface area contributed by atoms with Crippen molar-refractivity contribution >= 4 is 27.3 Å². The van der Waals surface area contributed by atoms with Crippen LogP contribution in [0.2, 0.25) is 0 Å². The van der Waals surface area contributed by atoms with Crippen LogP contribution < -0.4 is 14.5 Å². The molecular formula is C22H29N3O3S. The van der Waals surface area contributed by atoms with E-state index in [0.717, 1.165) is 34.8 Å². The van der Waals surface area contributed by atoms with Crippen molar-refractivity contribution in [2.45, 2.75) is 32.7 Å². The number of nitrogens with one attached hydrogen (secondary N) is 1. The lowest BCUT2D eigenvalue weighted by Crippen LogP contribution is -2.40. The summed E-state index contributed by atoms with van der Waals surface area (Å²) in [6.07, 6.45) is 4.88. The summed E-state index contributed by atoms with van der Waals surface area (Å²) in [5.41, 5.74) is 3.53. The number of aryl methyl sites for hydroxylation is 1. The summed E-state index contributed by atoms with van der Waals surface area (Å²) in [7, 11) is -3.57. The minimum absolute atomic E-state index is 0.241. The Morgan fingerprint density at radius 3 is 2.31 bits per heavy atom. The number of rotatable bonds is 7. The molecular weight excluding hydrogens is 386 g/mol. The second kappa shape index (κ2) is 9.31. The SMILES string of the molecule is Cc1ccccc1N(CC(=O)NCc1ccc(N2CCCCC2)cc1)S(C)(=O)=O. The quantitative estimate of drug-likeness (QED) is 0.755. The van der Waals surface area contributed by atoms with Crippen molar-refractivity contribution in [1.29, 1.82) is 0 Å². The van der Waals surface area contributed by atoms with Gasteiger partial charge in [-0.25, -0.2) is 8.42 Å². The van der Waals surface area contributed by atoms with Gasteiger partial charge in [-0.15, -0.1) is 0 Å². The minimum Gasteiger partial charge on any atom is -0.372 e. The van der Waals surface area contributed by atoms with Crippen LogP contribution in [0.5, 0.6) is 0 Å². The van der Waals surface area contributed by atoms with E-state index >= 15 is 0 Å². The number of carbonyl (C=O) groups is 1. The number of sulfonamides is 1. The zero-order chi connectivity index (χ0) is 20.9. The van der Waals surface area contributed by atoms with Crippen LogP contribution in [0.25, 0.3) is 0 Å². The first-order valence-corrected chi connectivity index (χ1v) is 11.8. The minimum atomic E-state index is -3.57. The summed E-state index contributed by atoms with van der Waals surface area (Å²) in [6.45, 7) is 4.14. The Balaban J connectivity index is 1.60. The van der Waals surface area contributed by atoms with Crippen molar-refractivity contribution in [3.8, 4) is 0 Å². The fourth-order valence-electron chi connectivity index (χ4n) is 3.59. The second-order valence-corrected chi connectivity index (χ2v) is 9.45. The van der Waals surface area contributed by atoms with E-state index in [1.54, 1.807) is 12.1 Å². The number of anilines is 2. The highest BCUT2D eigenvalue weighted by Crippen LogP contribution is 2.22. The normalized spacial score (nSPS) is 14.5. The highest BCUT2D eigenvalue weighted by molar-refractivity contribution is 7.92. The monoisotopic (exact) mass is 415 g/mol. The van der Waals surface area contributed by atoms with Crippen LogP contribution in [0.3, 0.4) is 0 Å². The summed E-state index contributed by atoms with van der Waals surface area (Å²) in [5, 5.41) is 2.83. The van der Waals surface area contributed by atoms with Crippen LogP contribution in [0, 0.1) is 6.92 Å². The largest absolute Gasteiger partial charge is 0.372 e. The Morgan fingerprint density at radius 1 is 1.03 bits per heavy atom. The predicted molar refractivity (Wildman–Crippen MR) is 118 cm³/mol. The maximum absolute atomic E-state index is 12.4. The average Bonchev–Trinajstić information content (AvgIpc) is 2.71. The zero-order valence-corrected chi connectivity index (χ0v) is 17.9. The molecule has 29 heavy (non-hydrogen) atoms. The molecule has 0 radical (unpaired) electrons. The van der Waals surface area contributed by atoms with E-state index in [1.807, 2.05) is 31.2 Å². The molecule has 1 heterocycles. The van der Waals surface area contributed by atoms with Gasteiger partial charge in [0.2, 0.25) is 15.9 Å². The molecule has 0 spiro atoms. The molecule has 0 bridgehead atoms. The predicted octanol–water partition coefficient (Wildman–Crippen LogP) is 3.07. The maximum Gasteiger partial charge on any atom is 0.241 e. The lowest BCUT2D eigenvalue weighted by atomic mass is 10.1. The van der Waals surface area contributed by atoms with Crippen LogP contribution in [0.4, 0.5) is 11.4 Å². The molecule has 2 aromatic rings. The third-order valence-electron chi connectivity index (χ3n) is 5.22. The van der Waals surface area contributed by atoms with E-state index in [-0.39, 0.29) is 12.5 Å². The number of hydrogen-bond donors (Lipinski definition) is 1. The van der Waals surface area contributed by atoms with Gasteiger partial charge < -0.3 is 10.2 Å². The molecule has 3 rings (SSSR count). The molecule has 1 saturated heterocycles. The highest BCUT2D eigenvalue weighted by Gasteiger charge is 2.22. The number of para-hydroxylation sites is 1. The summed E-state index contributed by atoms with van der Waals surface area (Å²) in [6, 6.07) is 15.3. The Hall–Kier alpha value is -2.54. The van der Waals surface area contributed by atoms with E-state index in [0.29, 0.717) is 12.2 Å². The van der Waals surface area contributed by atoms with Gasteiger partial charge in [-0.05, 0) is 55.5 Å². The van der Waals surface area contributed by atoms with E-state index in [1.165, 1.54) is 24.9 Å². The van der Waals surface area contributed by atoms with E-state index in [2.05, 4.69) is 22.3 Å². The van der Waals surface area contributed by atoms with Crippen LogP contribution in [0.15, 0.2) is 48.5 Å². The molecule has 0 atom stereocenters. The van der Waals surface area contributed by atoms with Gasteiger partial charge in [0.05, 0.1) is 11.9 Å². The molecule has 1 N–H and O–H groups in total. The van der Waals surface area contributed by atoms with E-state index < -0.39 is 10.0 Å². The molecule has 7 heteroatoms. The summed E-state index contributed by atoms with van der Waals surface area (Å²) >= 11 is 0. The van der Waals surface area contributed by atoms with E-state index in [9.17, 15) is 13.2 Å². The fourth-order valence-corrected chi connectivity index (χ4v) is 4.50. The highest BCUT2D eigenvalue weighted by atomic mass is 32.2. The molecule has 0 aliphatic carbocycles. The Labute approximate surface area is 173 Å². The molecule has 1 fully saturated rings. The number of benzene rings is 2. The standard InChI is InChI=1S/C22H29N3O3S/c1-18-8-4-5-9-21(18)25(29(2,27)28)17-22(26)23-16-19-10-12-20(13-11-19)24-14-6-3-7-15-24/h4-5,8-13H,3,6-7,14-17H2,1-2H3,(H,23,26). The molecule has 0 saturated carbocycles. The van der Waals surface area contributed by atoms with Crippen molar-refractivity contribution in [2.24, 2.45) is 0 Å². The van der Waals surface area contributed by atoms with Gasteiger partial charge in [0.1, 0.15) is 6.54 Å². The van der Waals surface area contributed by atoms with Crippen molar-refractivity contribution in [2.75, 3.05) is 35.1 Å². The third-order valence-corrected chi connectivity index (χ3v) is 6.35. The van der Waals surface area contributed by atoms with Crippen molar-refractivity contribution in [3.63, 3.8) is 0 Å². The van der Waals surface area contributed by atoms with Gasteiger partial charge in [0.15, 0.2) is 0 Å². The number of amides is 1. The van der Waals surface area contributed by atoms with Crippen LogP contribution >= 0.6 is 0 Å². The van der Waals surface area contributed by atoms with Crippen molar-refractivity contribution in [1.82, 2.24) is 5.32 Å².